The molecule has 2 fully saturated rings. The van der Waals surface area contributed by atoms with Gasteiger partial charge in [-0.05, 0) is 11.6 Å². The third-order valence-corrected chi connectivity index (χ3v) is 7.51. The third-order valence-electron chi connectivity index (χ3n) is 5.68. The van der Waals surface area contributed by atoms with E-state index in [0.717, 1.165) is 4.31 Å². The van der Waals surface area contributed by atoms with Crippen molar-refractivity contribution in [2.24, 2.45) is 11.3 Å². The van der Waals surface area contributed by atoms with Gasteiger partial charge in [-0.15, -0.1) is 0 Å². The largest absolute Gasteiger partial charge is 0.380 e. The maximum absolute atomic E-state index is 13.9. The topological polar surface area (TPSA) is 96.0 Å². The molecule has 0 spiro atoms. The Morgan fingerprint density at radius 2 is 2.07 bits per heavy atom. The normalized spacial score (nSPS) is 24.0. The lowest BCUT2D eigenvalue weighted by molar-refractivity contribution is -0.133. The minimum atomic E-state index is -3.42. The quantitative estimate of drug-likeness (QED) is 0.653. The lowest BCUT2D eigenvalue weighted by Crippen LogP contribution is -2.48. The van der Waals surface area contributed by atoms with Crippen LogP contribution in [0.5, 0.6) is 0 Å². The SMILES string of the molecule is CN(C)S(=O)(=O)CCNC(=O)[C@@]12COC[C@@H]1CN(C(=O)Cc1ccccc1F)C2. The van der Waals surface area contributed by atoms with Crippen LogP contribution in [0.25, 0.3) is 0 Å². The molecule has 0 radical (unpaired) electrons. The lowest BCUT2D eigenvalue weighted by Gasteiger charge is -2.26. The number of amides is 2. The van der Waals surface area contributed by atoms with Gasteiger partial charge in [-0.3, -0.25) is 9.59 Å². The molecule has 10 heteroatoms. The molecule has 1 aromatic carbocycles. The molecule has 29 heavy (non-hydrogen) atoms. The molecule has 0 aliphatic carbocycles. The molecule has 1 N–H and O–H groups in total. The van der Waals surface area contributed by atoms with E-state index in [1.807, 2.05) is 0 Å². The summed E-state index contributed by atoms with van der Waals surface area (Å²) < 4.78 is 44.2. The lowest BCUT2D eigenvalue weighted by atomic mass is 9.80. The Morgan fingerprint density at radius 1 is 1.34 bits per heavy atom. The van der Waals surface area contributed by atoms with Gasteiger partial charge in [0.2, 0.25) is 21.8 Å². The van der Waals surface area contributed by atoms with Crippen LogP contribution in [0.2, 0.25) is 0 Å². The summed E-state index contributed by atoms with van der Waals surface area (Å²) in [5, 5.41) is 2.69. The maximum atomic E-state index is 13.9. The Morgan fingerprint density at radius 3 is 2.76 bits per heavy atom. The molecule has 2 aliphatic rings. The average Bonchev–Trinajstić information content (AvgIpc) is 3.21. The predicted molar refractivity (Wildman–Crippen MR) is 104 cm³/mol. The van der Waals surface area contributed by atoms with Crippen molar-refractivity contribution in [1.82, 2.24) is 14.5 Å². The van der Waals surface area contributed by atoms with E-state index in [-0.39, 0.29) is 49.6 Å². The molecule has 0 saturated carbocycles. The molecule has 8 nitrogen and oxygen atoms in total. The molecule has 2 aliphatic heterocycles. The van der Waals surface area contributed by atoms with Gasteiger partial charge in [0.25, 0.3) is 0 Å². The molecule has 2 atom stereocenters. The van der Waals surface area contributed by atoms with Crippen molar-refractivity contribution in [3.8, 4) is 0 Å². The minimum absolute atomic E-state index is 0.0169. The van der Waals surface area contributed by atoms with Crippen LogP contribution in [0.4, 0.5) is 4.39 Å². The van der Waals surface area contributed by atoms with Gasteiger partial charge in [-0.25, -0.2) is 17.1 Å². The number of halogens is 1. The summed E-state index contributed by atoms with van der Waals surface area (Å²) in [6.07, 6.45) is -0.0704. The Hall–Kier alpha value is -2.04. The van der Waals surface area contributed by atoms with Gasteiger partial charge in [0.15, 0.2) is 0 Å². The summed E-state index contributed by atoms with van der Waals surface area (Å²) in [7, 11) is -0.543. The smallest absolute Gasteiger partial charge is 0.230 e. The van der Waals surface area contributed by atoms with Gasteiger partial charge in [-0.2, -0.15) is 0 Å². The fourth-order valence-electron chi connectivity index (χ4n) is 3.82. The highest BCUT2D eigenvalue weighted by atomic mass is 32.2. The maximum Gasteiger partial charge on any atom is 0.230 e. The van der Waals surface area contributed by atoms with Gasteiger partial charge in [0.05, 0.1) is 30.8 Å². The number of nitrogens with zero attached hydrogens (tertiary/aromatic N) is 2. The molecule has 1 aromatic rings. The summed E-state index contributed by atoms with van der Waals surface area (Å²) in [5.74, 6) is -1.36. The molecule has 2 heterocycles. The van der Waals surface area contributed by atoms with Crippen molar-refractivity contribution in [1.29, 1.82) is 0 Å². The van der Waals surface area contributed by atoms with Crippen LogP contribution in [-0.4, -0.2) is 82.1 Å². The van der Waals surface area contributed by atoms with E-state index in [1.165, 1.54) is 20.2 Å². The average molecular weight is 427 g/mol. The van der Waals surface area contributed by atoms with Crippen molar-refractivity contribution in [2.75, 3.05) is 52.7 Å². The van der Waals surface area contributed by atoms with E-state index in [2.05, 4.69) is 5.32 Å². The van der Waals surface area contributed by atoms with Crippen molar-refractivity contribution in [3.63, 3.8) is 0 Å². The van der Waals surface area contributed by atoms with Gasteiger partial charge >= 0.3 is 0 Å². The van der Waals surface area contributed by atoms with Gasteiger partial charge in [0, 0.05) is 39.6 Å². The zero-order valence-corrected chi connectivity index (χ0v) is 17.4. The van der Waals surface area contributed by atoms with Crippen molar-refractivity contribution in [3.05, 3.63) is 35.6 Å². The molecule has 160 valence electrons. The standard InChI is InChI=1S/C19H26FN3O5S/c1-22(2)29(26,27)8-7-21-18(25)19-12-23(10-15(19)11-28-13-19)17(24)9-14-5-3-4-6-16(14)20/h3-6,15H,7-13H2,1-2H3,(H,21,25)/t15-,19-/m0/s1. The van der Waals surface area contributed by atoms with E-state index in [9.17, 15) is 22.4 Å². The minimum Gasteiger partial charge on any atom is -0.380 e. The van der Waals surface area contributed by atoms with E-state index in [1.54, 1.807) is 23.1 Å². The Bertz CT molecular complexity index is 892. The number of ether oxygens (including phenoxy) is 1. The number of sulfonamides is 1. The zero-order chi connectivity index (χ0) is 21.2. The van der Waals surface area contributed by atoms with Gasteiger partial charge < -0.3 is 15.0 Å². The molecule has 0 aromatic heterocycles. The summed E-state index contributed by atoms with van der Waals surface area (Å²) in [5.41, 5.74) is -0.578. The van der Waals surface area contributed by atoms with E-state index in [0.29, 0.717) is 18.7 Å². The van der Waals surface area contributed by atoms with Crippen molar-refractivity contribution in [2.45, 2.75) is 6.42 Å². The number of benzene rings is 1. The number of fused-ring (bicyclic) bond motifs is 1. The van der Waals surface area contributed by atoms with Gasteiger partial charge in [-0.1, -0.05) is 18.2 Å². The van der Waals surface area contributed by atoms with Crippen molar-refractivity contribution >= 4 is 21.8 Å². The number of likely N-dealkylation sites (tertiary alicyclic amines) is 1. The second kappa shape index (κ2) is 8.37. The summed E-state index contributed by atoms with van der Waals surface area (Å²) in [6, 6.07) is 6.12. The number of rotatable bonds is 7. The van der Waals surface area contributed by atoms with Gasteiger partial charge in [0.1, 0.15) is 5.82 Å². The Balaban J connectivity index is 1.63. The summed E-state index contributed by atoms with van der Waals surface area (Å²) >= 11 is 0. The van der Waals surface area contributed by atoms with Crippen LogP contribution in [0.15, 0.2) is 24.3 Å². The molecule has 0 unspecified atom stereocenters. The fourth-order valence-corrected chi connectivity index (χ4v) is 4.54. The van der Waals surface area contributed by atoms with Crippen LogP contribution >= 0.6 is 0 Å². The highest BCUT2D eigenvalue weighted by molar-refractivity contribution is 7.89. The second-order valence-electron chi connectivity index (χ2n) is 7.76. The first-order valence-electron chi connectivity index (χ1n) is 9.43. The van der Waals surface area contributed by atoms with E-state index in [4.69, 9.17) is 4.74 Å². The Labute approximate surface area is 170 Å². The zero-order valence-electron chi connectivity index (χ0n) is 16.6. The van der Waals surface area contributed by atoms with E-state index < -0.39 is 21.3 Å². The van der Waals surface area contributed by atoms with Crippen LogP contribution in [-0.2, 0) is 30.8 Å². The molecule has 2 amide bonds. The highest BCUT2D eigenvalue weighted by Gasteiger charge is 2.56. The number of hydrogen-bond acceptors (Lipinski definition) is 5. The molecule has 2 saturated heterocycles. The number of carbonyl (C=O) groups is 2. The fraction of sp³-hybridized carbons (Fsp3) is 0.579. The molecular weight excluding hydrogens is 401 g/mol. The monoisotopic (exact) mass is 427 g/mol. The molecule has 3 rings (SSSR count). The van der Waals surface area contributed by atoms with Crippen LogP contribution in [0, 0.1) is 17.2 Å². The number of carbonyl (C=O) groups excluding carboxylic acids is 2. The third kappa shape index (κ3) is 4.44. The van der Waals surface area contributed by atoms with Crippen LogP contribution in [0.3, 0.4) is 0 Å². The first-order chi connectivity index (χ1) is 13.7. The van der Waals surface area contributed by atoms with Crippen LogP contribution in [0.1, 0.15) is 5.56 Å². The predicted octanol–water partition coefficient (Wildman–Crippen LogP) is -0.149. The van der Waals surface area contributed by atoms with Crippen LogP contribution < -0.4 is 5.32 Å². The Kier molecular flexibility index (Phi) is 6.25. The molecule has 0 bridgehead atoms. The van der Waals surface area contributed by atoms with E-state index >= 15 is 0 Å². The number of nitrogens with one attached hydrogen (secondary N) is 1. The summed E-state index contributed by atoms with van der Waals surface area (Å²) in [4.78, 5) is 27.2. The summed E-state index contributed by atoms with van der Waals surface area (Å²) in [6.45, 7) is 1.05. The number of hydrogen-bond donors (Lipinski definition) is 1. The van der Waals surface area contributed by atoms with Crippen molar-refractivity contribution < 1.29 is 27.1 Å². The highest BCUT2D eigenvalue weighted by Crippen LogP contribution is 2.41. The molecular formula is C19H26FN3O5S. The first-order valence-corrected chi connectivity index (χ1v) is 11.0. The first kappa shape index (κ1) is 21.7. The second-order valence-corrected chi connectivity index (χ2v) is 10.1.